The fourth-order valence-corrected chi connectivity index (χ4v) is 7.54. The Kier molecular flexibility index (Phi) is 21.0. The van der Waals surface area contributed by atoms with E-state index in [-0.39, 0.29) is 53.3 Å². The first-order valence-electron chi connectivity index (χ1n) is 23.8. The summed E-state index contributed by atoms with van der Waals surface area (Å²) in [4.78, 5) is 0. The number of hydrogen-bond acceptors (Lipinski definition) is 12. The SMILES string of the molecule is Cc1cccc(CNc2ccc(O)cc2O)c1.Oc1ccc(NCc2c(F)cccc2Cl)c(O)c1.Oc1ccc(NCc2cccc(C(F)(F)F)c2)c(O)c1.Oc1ccc(NCc2cccc(Oc3ccccc3)c2)cc1Cl. The van der Waals surface area contributed by atoms with E-state index in [1.54, 1.807) is 36.4 Å². The van der Waals surface area contributed by atoms with Crippen molar-refractivity contribution in [1.82, 2.24) is 0 Å². The van der Waals surface area contributed by atoms with E-state index in [1.807, 2.05) is 79.7 Å². The second-order valence-corrected chi connectivity index (χ2v) is 17.9. The van der Waals surface area contributed by atoms with Gasteiger partial charge in [0, 0.05) is 60.7 Å². The van der Waals surface area contributed by atoms with Crippen LogP contribution in [0.3, 0.4) is 0 Å². The highest BCUT2D eigenvalue weighted by Crippen LogP contribution is 2.33. The van der Waals surface area contributed by atoms with E-state index in [2.05, 4.69) is 27.3 Å². The number of rotatable bonds is 14. The summed E-state index contributed by atoms with van der Waals surface area (Å²) < 4.78 is 57.0. The third kappa shape index (κ3) is 18.6. The Morgan fingerprint density at radius 1 is 0.423 bits per heavy atom. The molecule has 9 aromatic rings. The van der Waals surface area contributed by atoms with Gasteiger partial charge in [0.1, 0.15) is 57.6 Å². The highest BCUT2D eigenvalue weighted by atomic mass is 35.5. The van der Waals surface area contributed by atoms with E-state index in [4.69, 9.17) is 38.2 Å². The van der Waals surface area contributed by atoms with Crippen molar-refractivity contribution in [2.24, 2.45) is 0 Å². The van der Waals surface area contributed by atoms with Crippen molar-refractivity contribution in [3.63, 3.8) is 0 Å². The molecule has 404 valence electrons. The smallest absolute Gasteiger partial charge is 0.416 e. The number of hydrogen-bond donors (Lipinski definition) is 11. The van der Waals surface area contributed by atoms with Crippen molar-refractivity contribution in [3.05, 3.63) is 243 Å². The molecule has 0 saturated carbocycles. The Hall–Kier alpha value is -9.12. The minimum Gasteiger partial charge on any atom is -0.508 e. The number of halogens is 6. The minimum atomic E-state index is -4.38. The highest BCUT2D eigenvalue weighted by molar-refractivity contribution is 6.32. The van der Waals surface area contributed by atoms with Crippen LogP contribution >= 0.6 is 23.2 Å². The molecule has 18 heteroatoms. The molecule has 0 bridgehead atoms. The average molecular weight is 1110 g/mol. The highest BCUT2D eigenvalue weighted by Gasteiger charge is 2.30. The number of alkyl halides is 3. The zero-order chi connectivity index (χ0) is 56.2. The number of aryl methyl sites for hydroxylation is 1. The molecule has 0 heterocycles. The fourth-order valence-electron chi connectivity index (χ4n) is 7.13. The number of benzene rings is 9. The normalized spacial score (nSPS) is 10.6. The van der Waals surface area contributed by atoms with Gasteiger partial charge < -0.3 is 61.7 Å². The predicted molar refractivity (Wildman–Crippen MR) is 299 cm³/mol. The molecule has 12 nitrogen and oxygen atoms in total. The van der Waals surface area contributed by atoms with Gasteiger partial charge in [-0.2, -0.15) is 13.2 Å². The number of ether oxygens (including phenoxy) is 1. The van der Waals surface area contributed by atoms with Crippen LogP contribution in [0.1, 0.15) is 33.4 Å². The number of phenolic OH excluding ortho intramolecular Hbond substituents is 7. The van der Waals surface area contributed by atoms with Crippen molar-refractivity contribution < 1.29 is 58.0 Å². The number of nitrogens with one attached hydrogen (secondary N) is 4. The van der Waals surface area contributed by atoms with Crippen LogP contribution in [0.5, 0.6) is 51.7 Å². The van der Waals surface area contributed by atoms with Crippen LogP contribution in [0.15, 0.2) is 194 Å². The second kappa shape index (κ2) is 28.1. The zero-order valence-electron chi connectivity index (χ0n) is 41.6. The molecular weight excluding hydrogens is 1050 g/mol. The lowest BCUT2D eigenvalue weighted by atomic mass is 10.1. The maximum atomic E-state index is 13.5. The Morgan fingerprint density at radius 3 is 1.44 bits per heavy atom. The molecule has 0 aromatic heterocycles. The fraction of sp³-hybridized carbons (Fsp3) is 0.100. The Balaban J connectivity index is 0.000000169. The molecule has 0 unspecified atom stereocenters. The summed E-state index contributed by atoms with van der Waals surface area (Å²) in [5, 5.41) is 78.3. The van der Waals surface area contributed by atoms with Gasteiger partial charge >= 0.3 is 6.18 Å². The molecule has 0 aliphatic rings. The van der Waals surface area contributed by atoms with Crippen LogP contribution < -0.4 is 26.0 Å². The summed E-state index contributed by atoms with van der Waals surface area (Å²) in [6.45, 7) is 3.58. The van der Waals surface area contributed by atoms with Crippen LogP contribution in [0.4, 0.5) is 40.3 Å². The van der Waals surface area contributed by atoms with Crippen LogP contribution in [-0.2, 0) is 32.4 Å². The van der Waals surface area contributed by atoms with Crippen molar-refractivity contribution in [1.29, 1.82) is 0 Å². The zero-order valence-corrected chi connectivity index (χ0v) is 43.1. The lowest BCUT2D eigenvalue weighted by Crippen LogP contribution is -2.06. The maximum Gasteiger partial charge on any atom is 0.416 e. The molecule has 11 N–H and O–H groups in total. The van der Waals surface area contributed by atoms with Gasteiger partial charge in [0.15, 0.2) is 0 Å². The quantitative estimate of drug-likeness (QED) is 0.0280. The largest absolute Gasteiger partial charge is 0.508 e. The standard InChI is InChI=1S/C19H16ClNO2.C14H12F3NO2.C14H15NO2.C13H11ClFNO2/c20-18-12-15(9-10-19(18)22)21-13-14-5-4-8-17(11-14)23-16-6-2-1-3-7-16;15-14(16,17)10-3-1-2-9(6-10)8-18-12-5-4-11(19)7-13(12)20;1-10-3-2-4-11(7-10)9-15-13-6-5-12(16)8-14(13)17;14-10-2-1-3-11(15)9(10)7-16-12-5-4-8(17)6-13(12)18/h1-12,21-22H,13H2;1-7,18-20H,8H2;2-8,15-17H,9H2,1H3;1-6,16-18H,7H2. The maximum absolute atomic E-state index is 13.5. The minimum absolute atomic E-state index is 0.0398. The summed E-state index contributed by atoms with van der Waals surface area (Å²) in [5.41, 5.74) is 5.68. The summed E-state index contributed by atoms with van der Waals surface area (Å²) in [6, 6.07) is 52.7. The van der Waals surface area contributed by atoms with Gasteiger partial charge in [0.2, 0.25) is 0 Å². The Labute approximate surface area is 457 Å². The third-order valence-electron chi connectivity index (χ3n) is 11.1. The number of aromatic hydroxyl groups is 7. The van der Waals surface area contributed by atoms with E-state index in [9.17, 15) is 43.1 Å². The monoisotopic (exact) mass is 1100 g/mol. The lowest BCUT2D eigenvalue weighted by molar-refractivity contribution is -0.137. The van der Waals surface area contributed by atoms with Crippen molar-refractivity contribution in [2.45, 2.75) is 39.3 Å². The van der Waals surface area contributed by atoms with E-state index >= 15 is 0 Å². The van der Waals surface area contributed by atoms with Gasteiger partial charge in [0.05, 0.1) is 27.6 Å². The Morgan fingerprint density at radius 2 is 0.910 bits per heavy atom. The number of anilines is 4. The molecular formula is C60H54Cl2F4N4O8. The molecule has 9 rings (SSSR count). The number of para-hydroxylation sites is 1. The Bertz CT molecular complexity index is 3370. The number of phenols is 7. The molecule has 9 aromatic carbocycles. The van der Waals surface area contributed by atoms with Crippen molar-refractivity contribution >= 4 is 46.0 Å². The van der Waals surface area contributed by atoms with E-state index in [1.165, 1.54) is 66.2 Å². The van der Waals surface area contributed by atoms with Gasteiger partial charge in [-0.25, -0.2) is 4.39 Å². The average Bonchev–Trinajstić information content (AvgIpc) is 3.40. The van der Waals surface area contributed by atoms with E-state index in [0.717, 1.165) is 46.5 Å². The second-order valence-electron chi connectivity index (χ2n) is 17.1. The van der Waals surface area contributed by atoms with Gasteiger partial charge in [-0.05, 0) is 127 Å². The molecule has 0 fully saturated rings. The van der Waals surface area contributed by atoms with E-state index < -0.39 is 17.6 Å². The summed E-state index contributed by atoms with van der Waals surface area (Å²) >= 11 is 11.8. The van der Waals surface area contributed by atoms with Crippen LogP contribution in [0.2, 0.25) is 10.0 Å². The summed E-state index contributed by atoms with van der Waals surface area (Å²) in [7, 11) is 0. The van der Waals surface area contributed by atoms with Crippen LogP contribution in [0, 0.1) is 12.7 Å². The lowest BCUT2D eigenvalue weighted by Gasteiger charge is -2.11. The molecule has 0 spiro atoms. The van der Waals surface area contributed by atoms with E-state index in [0.29, 0.717) is 51.3 Å². The van der Waals surface area contributed by atoms with Gasteiger partial charge in [-0.15, -0.1) is 0 Å². The van der Waals surface area contributed by atoms with Gasteiger partial charge in [-0.3, -0.25) is 0 Å². The first kappa shape index (κ1) is 58.1. The molecule has 0 radical (unpaired) electrons. The van der Waals surface area contributed by atoms with Gasteiger partial charge in [0.25, 0.3) is 0 Å². The van der Waals surface area contributed by atoms with Crippen LogP contribution in [-0.4, -0.2) is 35.7 Å². The third-order valence-corrected chi connectivity index (χ3v) is 11.7. The van der Waals surface area contributed by atoms with Crippen molar-refractivity contribution in [2.75, 3.05) is 21.3 Å². The summed E-state index contributed by atoms with van der Waals surface area (Å²) in [5.74, 6) is 0.973. The van der Waals surface area contributed by atoms with Gasteiger partial charge in [-0.1, -0.05) is 102 Å². The van der Waals surface area contributed by atoms with Crippen LogP contribution in [0.25, 0.3) is 0 Å². The molecule has 78 heavy (non-hydrogen) atoms. The molecule has 0 amide bonds. The first-order valence-corrected chi connectivity index (χ1v) is 24.5. The first-order chi connectivity index (χ1) is 37.3. The topological polar surface area (TPSA) is 199 Å². The molecule has 0 atom stereocenters. The summed E-state index contributed by atoms with van der Waals surface area (Å²) in [6.07, 6.45) is -4.38. The predicted octanol–water partition coefficient (Wildman–Crippen LogP) is 15.7. The molecule has 0 saturated heterocycles. The van der Waals surface area contributed by atoms with Crippen molar-refractivity contribution in [3.8, 4) is 51.7 Å². The molecule has 0 aliphatic carbocycles. The molecule has 0 aliphatic heterocycles.